The Morgan fingerprint density at radius 2 is 1.97 bits per heavy atom. The summed E-state index contributed by atoms with van der Waals surface area (Å²) in [5.74, 6) is -0.554. The van der Waals surface area contributed by atoms with Crippen molar-refractivity contribution in [2.24, 2.45) is 0 Å². The maximum absolute atomic E-state index is 13.6. The van der Waals surface area contributed by atoms with E-state index >= 15 is 0 Å². The molecular weight excluding hydrogens is 472 g/mol. The summed E-state index contributed by atoms with van der Waals surface area (Å²) < 4.78 is 32.2. The van der Waals surface area contributed by atoms with Gasteiger partial charge < -0.3 is 20.5 Å². The number of rotatable bonds is 3. The lowest BCUT2D eigenvalue weighted by Crippen LogP contribution is -2.58. The van der Waals surface area contributed by atoms with Gasteiger partial charge in [0, 0.05) is 32.5 Å². The molecule has 0 bridgehead atoms. The van der Waals surface area contributed by atoms with Gasteiger partial charge >= 0.3 is 0 Å². The molecule has 3 N–H and O–H groups in total. The molecule has 11 heteroatoms. The third-order valence-electron chi connectivity index (χ3n) is 6.64. The van der Waals surface area contributed by atoms with Crippen LogP contribution in [0.5, 0.6) is 0 Å². The van der Waals surface area contributed by atoms with Crippen molar-refractivity contribution in [1.29, 1.82) is 0 Å². The summed E-state index contributed by atoms with van der Waals surface area (Å²) in [6.07, 6.45) is 6.17. The number of carbonyl (C=O) groups is 3. The molecule has 1 spiro atoms. The third kappa shape index (κ3) is 5.54. The van der Waals surface area contributed by atoms with Crippen LogP contribution in [-0.4, -0.2) is 52.4 Å². The monoisotopic (exact) mass is 499 g/mol. The number of fused-ring (bicyclic) bond motifs is 1. The SMILES string of the molecule is C#CC[C@H]1NC(=O)CC2(CCN(Cc3ccc(F)c(F)c3)CC2)NC(=O)c2c(C)noc2CNC1=O. The fourth-order valence-electron chi connectivity index (χ4n) is 4.68. The Balaban J connectivity index is 1.56. The Morgan fingerprint density at radius 1 is 1.22 bits per heavy atom. The van der Waals surface area contributed by atoms with Crippen LogP contribution in [0.4, 0.5) is 8.78 Å². The summed E-state index contributed by atoms with van der Waals surface area (Å²) in [5.41, 5.74) is 0.305. The van der Waals surface area contributed by atoms with Gasteiger partial charge in [-0.25, -0.2) is 8.78 Å². The predicted octanol–water partition coefficient (Wildman–Crippen LogP) is 1.55. The van der Waals surface area contributed by atoms with Crippen LogP contribution in [0.25, 0.3) is 0 Å². The van der Waals surface area contributed by atoms with Crippen LogP contribution in [0.2, 0.25) is 0 Å². The molecule has 1 fully saturated rings. The van der Waals surface area contributed by atoms with E-state index in [0.29, 0.717) is 43.7 Å². The van der Waals surface area contributed by atoms with Crippen molar-refractivity contribution < 1.29 is 27.7 Å². The molecule has 36 heavy (non-hydrogen) atoms. The van der Waals surface area contributed by atoms with Crippen LogP contribution in [0.3, 0.4) is 0 Å². The van der Waals surface area contributed by atoms with Gasteiger partial charge in [-0.05, 0) is 37.5 Å². The number of hydrogen-bond acceptors (Lipinski definition) is 6. The normalized spacial score (nSPS) is 20.8. The second-order valence-electron chi connectivity index (χ2n) is 9.25. The number of carbonyl (C=O) groups excluding carboxylic acids is 3. The number of nitrogens with one attached hydrogen (secondary N) is 3. The van der Waals surface area contributed by atoms with Crippen molar-refractivity contribution in [3.63, 3.8) is 0 Å². The molecule has 0 unspecified atom stereocenters. The first-order valence-electron chi connectivity index (χ1n) is 11.6. The zero-order chi connectivity index (χ0) is 25.9. The average molecular weight is 500 g/mol. The Hall–Kier alpha value is -3.78. The molecule has 4 rings (SSSR count). The van der Waals surface area contributed by atoms with Gasteiger partial charge in [-0.2, -0.15) is 0 Å². The number of amides is 3. The molecule has 1 atom stereocenters. The van der Waals surface area contributed by atoms with Crippen LogP contribution in [0.1, 0.15) is 53.1 Å². The molecule has 3 heterocycles. The Labute approximate surface area is 207 Å². The molecule has 3 amide bonds. The van der Waals surface area contributed by atoms with E-state index in [1.54, 1.807) is 6.92 Å². The molecule has 1 aromatic carbocycles. The third-order valence-corrected chi connectivity index (χ3v) is 6.64. The topological polar surface area (TPSA) is 117 Å². The first-order valence-corrected chi connectivity index (χ1v) is 11.6. The number of halogens is 2. The maximum Gasteiger partial charge on any atom is 0.257 e. The lowest BCUT2D eigenvalue weighted by Gasteiger charge is -2.42. The Bertz CT molecular complexity index is 1210. The van der Waals surface area contributed by atoms with E-state index in [1.165, 1.54) is 6.07 Å². The van der Waals surface area contributed by atoms with Gasteiger partial charge in [-0.1, -0.05) is 11.2 Å². The van der Waals surface area contributed by atoms with E-state index in [9.17, 15) is 23.2 Å². The summed E-state index contributed by atoms with van der Waals surface area (Å²) in [6, 6.07) is 2.85. The lowest BCUT2D eigenvalue weighted by molar-refractivity contribution is -0.130. The fraction of sp³-hybridized carbons (Fsp3) is 0.440. The van der Waals surface area contributed by atoms with Gasteiger partial charge in [0.2, 0.25) is 11.8 Å². The van der Waals surface area contributed by atoms with Crippen LogP contribution in [0, 0.1) is 30.9 Å². The second kappa shape index (κ2) is 10.5. The molecule has 0 saturated carbocycles. The van der Waals surface area contributed by atoms with Gasteiger partial charge in [-0.3, -0.25) is 19.3 Å². The number of piperidine rings is 1. The highest BCUT2D eigenvalue weighted by Crippen LogP contribution is 2.29. The Kier molecular flexibility index (Phi) is 7.35. The second-order valence-corrected chi connectivity index (χ2v) is 9.25. The van der Waals surface area contributed by atoms with Gasteiger partial charge in [0.1, 0.15) is 11.6 Å². The maximum atomic E-state index is 13.6. The van der Waals surface area contributed by atoms with Crippen LogP contribution < -0.4 is 16.0 Å². The largest absolute Gasteiger partial charge is 0.358 e. The fourth-order valence-corrected chi connectivity index (χ4v) is 4.68. The summed E-state index contributed by atoms with van der Waals surface area (Å²) in [7, 11) is 0. The zero-order valence-corrected chi connectivity index (χ0v) is 19.8. The summed E-state index contributed by atoms with van der Waals surface area (Å²) >= 11 is 0. The van der Waals surface area contributed by atoms with Crippen LogP contribution in [0.15, 0.2) is 22.7 Å². The van der Waals surface area contributed by atoms with Gasteiger partial charge in [-0.15, -0.1) is 12.3 Å². The molecular formula is C25H27F2N5O4. The molecule has 9 nitrogen and oxygen atoms in total. The molecule has 0 radical (unpaired) electrons. The highest BCUT2D eigenvalue weighted by molar-refractivity contribution is 5.97. The summed E-state index contributed by atoms with van der Waals surface area (Å²) in [4.78, 5) is 41.0. The van der Waals surface area contributed by atoms with Crippen LogP contribution in [-0.2, 0) is 22.7 Å². The number of likely N-dealkylation sites (tertiary alicyclic amines) is 1. The predicted molar refractivity (Wildman–Crippen MR) is 124 cm³/mol. The van der Waals surface area contributed by atoms with Crippen LogP contribution >= 0.6 is 0 Å². The van der Waals surface area contributed by atoms with Crippen molar-refractivity contribution in [3.05, 3.63) is 52.4 Å². The quantitative estimate of drug-likeness (QED) is 0.552. The smallest absolute Gasteiger partial charge is 0.257 e. The van der Waals surface area contributed by atoms with Crippen molar-refractivity contribution in [2.75, 3.05) is 13.1 Å². The minimum Gasteiger partial charge on any atom is -0.358 e. The molecule has 1 aromatic heterocycles. The van der Waals surface area contributed by atoms with Crippen molar-refractivity contribution >= 4 is 17.7 Å². The molecule has 0 aliphatic carbocycles. The van der Waals surface area contributed by atoms with E-state index in [4.69, 9.17) is 10.9 Å². The molecule has 2 aliphatic heterocycles. The minimum absolute atomic E-state index is 0.00122. The number of aromatic nitrogens is 1. The first kappa shape index (κ1) is 25.3. The lowest BCUT2D eigenvalue weighted by atomic mass is 9.83. The van der Waals surface area contributed by atoms with E-state index in [0.717, 1.165) is 12.1 Å². The zero-order valence-electron chi connectivity index (χ0n) is 19.8. The molecule has 190 valence electrons. The van der Waals surface area contributed by atoms with E-state index in [-0.39, 0.29) is 30.7 Å². The van der Waals surface area contributed by atoms with Gasteiger partial charge in [0.05, 0.1) is 17.8 Å². The van der Waals surface area contributed by atoms with E-state index in [2.05, 4.69) is 27.0 Å². The number of hydrogen-bond donors (Lipinski definition) is 3. The number of benzene rings is 1. The highest BCUT2D eigenvalue weighted by atomic mass is 19.2. The number of nitrogens with zero attached hydrogens (tertiary/aromatic N) is 2. The minimum atomic E-state index is -0.935. The molecule has 1 saturated heterocycles. The summed E-state index contributed by atoms with van der Waals surface area (Å²) in [6.45, 7) is 2.92. The number of terminal acetylenes is 1. The standard InChI is InChI=1S/C25H27F2N5O4/c1-3-4-19-23(34)28-13-20-22(15(2)31-36-20)24(35)30-25(12-21(33)29-19)7-9-32(10-8-25)14-16-5-6-17(26)18(27)11-16/h1,5-6,11,19H,4,7-10,12-14H2,2H3,(H,28,34)(H,29,33)(H,30,35)/t19-/m1/s1. The van der Waals surface area contributed by atoms with Crippen molar-refractivity contribution in [3.8, 4) is 12.3 Å². The van der Waals surface area contributed by atoms with Crippen molar-refractivity contribution in [2.45, 2.75) is 57.3 Å². The van der Waals surface area contributed by atoms with Gasteiger partial charge in [0.15, 0.2) is 17.4 Å². The summed E-state index contributed by atoms with van der Waals surface area (Å²) in [5, 5.41) is 12.2. The van der Waals surface area contributed by atoms with Gasteiger partial charge in [0.25, 0.3) is 5.91 Å². The Morgan fingerprint density at radius 3 is 2.67 bits per heavy atom. The van der Waals surface area contributed by atoms with Crippen molar-refractivity contribution in [1.82, 2.24) is 26.0 Å². The first-order chi connectivity index (χ1) is 17.2. The highest BCUT2D eigenvalue weighted by Gasteiger charge is 2.40. The molecule has 2 aliphatic rings. The number of aryl methyl sites for hydroxylation is 1. The van der Waals surface area contributed by atoms with E-state index < -0.39 is 40.9 Å². The van der Waals surface area contributed by atoms with E-state index in [1.807, 2.05) is 4.90 Å². The molecule has 2 aromatic rings. The average Bonchev–Trinajstić information content (AvgIpc) is 3.21.